The number of hydrogen-bond acceptors (Lipinski definition) is 2. The number of nitrogens with zero attached hydrogens (tertiary/aromatic N) is 2. The molecule has 0 radical (unpaired) electrons. The van der Waals surface area contributed by atoms with Gasteiger partial charge in [0.05, 0.1) is 0 Å². The lowest BCUT2D eigenvalue weighted by atomic mass is 10.1. The van der Waals surface area contributed by atoms with E-state index in [1.54, 1.807) is 9.80 Å². The molecule has 0 N–H and O–H groups in total. The van der Waals surface area contributed by atoms with Gasteiger partial charge in [-0.15, -0.1) is 11.6 Å². The van der Waals surface area contributed by atoms with E-state index in [2.05, 4.69) is 0 Å². The Balaban J connectivity index is 1.92. The van der Waals surface area contributed by atoms with Crippen molar-refractivity contribution in [3.05, 3.63) is 35.6 Å². The first-order valence-corrected chi connectivity index (χ1v) is 7.04. The molecule has 108 valence electrons. The van der Waals surface area contributed by atoms with E-state index >= 15 is 0 Å². The number of hydrogen-bond donors (Lipinski definition) is 0. The Kier molecular flexibility index (Phi) is 4.95. The van der Waals surface area contributed by atoms with E-state index in [1.807, 2.05) is 0 Å². The van der Waals surface area contributed by atoms with Gasteiger partial charge in [0.25, 0.3) is 5.91 Å². The van der Waals surface area contributed by atoms with Gasteiger partial charge in [-0.1, -0.05) is 0 Å². The van der Waals surface area contributed by atoms with Gasteiger partial charge in [0, 0.05) is 44.0 Å². The Labute approximate surface area is 122 Å². The molecule has 0 bridgehead atoms. The van der Waals surface area contributed by atoms with Crippen LogP contribution in [0.25, 0.3) is 0 Å². The van der Waals surface area contributed by atoms with Gasteiger partial charge in [0.15, 0.2) is 0 Å². The van der Waals surface area contributed by atoms with Gasteiger partial charge in [0.2, 0.25) is 5.91 Å². The molecule has 0 atom stereocenters. The average molecular weight is 299 g/mol. The van der Waals surface area contributed by atoms with Gasteiger partial charge >= 0.3 is 0 Å². The third kappa shape index (κ3) is 3.48. The summed E-state index contributed by atoms with van der Waals surface area (Å²) < 4.78 is 12.8. The van der Waals surface area contributed by atoms with E-state index in [-0.39, 0.29) is 17.6 Å². The van der Waals surface area contributed by atoms with E-state index in [4.69, 9.17) is 11.6 Å². The topological polar surface area (TPSA) is 40.6 Å². The Morgan fingerprint density at radius 3 is 2.15 bits per heavy atom. The lowest BCUT2D eigenvalue weighted by molar-refractivity contribution is -0.132. The second-order valence-corrected chi connectivity index (χ2v) is 5.00. The zero-order valence-corrected chi connectivity index (χ0v) is 11.8. The highest BCUT2D eigenvalue weighted by molar-refractivity contribution is 6.18. The maximum absolute atomic E-state index is 12.8. The Morgan fingerprint density at radius 2 is 1.60 bits per heavy atom. The minimum absolute atomic E-state index is 0.0221. The summed E-state index contributed by atoms with van der Waals surface area (Å²) in [5, 5.41) is 0. The summed E-state index contributed by atoms with van der Waals surface area (Å²) in [6.07, 6.45) is 0.327. The highest BCUT2D eigenvalue weighted by atomic mass is 35.5. The first-order valence-electron chi connectivity index (χ1n) is 6.50. The predicted molar refractivity (Wildman–Crippen MR) is 74.2 cm³/mol. The van der Waals surface area contributed by atoms with E-state index in [9.17, 15) is 14.0 Å². The van der Waals surface area contributed by atoms with Crippen LogP contribution in [0, 0.1) is 5.82 Å². The molecule has 0 aromatic heterocycles. The van der Waals surface area contributed by atoms with Crippen LogP contribution in [0.4, 0.5) is 4.39 Å². The van der Waals surface area contributed by atoms with Crippen molar-refractivity contribution in [2.24, 2.45) is 0 Å². The minimum Gasteiger partial charge on any atom is -0.339 e. The number of alkyl halides is 1. The maximum Gasteiger partial charge on any atom is 0.253 e. The molecule has 0 spiro atoms. The number of benzene rings is 1. The Hall–Kier alpha value is -1.62. The number of carbonyl (C=O) groups excluding carboxylic acids is 2. The molecular formula is C14H16ClFN2O2. The highest BCUT2D eigenvalue weighted by Crippen LogP contribution is 2.10. The quantitative estimate of drug-likeness (QED) is 0.798. The first-order chi connectivity index (χ1) is 9.61. The summed E-state index contributed by atoms with van der Waals surface area (Å²) in [7, 11) is 0. The molecule has 1 aromatic carbocycles. The fourth-order valence-corrected chi connectivity index (χ4v) is 2.33. The number of rotatable bonds is 3. The molecule has 6 heteroatoms. The Bertz CT molecular complexity index is 484. The molecule has 1 fully saturated rings. The average Bonchev–Trinajstić information content (AvgIpc) is 2.48. The summed E-state index contributed by atoms with van der Waals surface area (Å²) in [6, 6.07) is 5.49. The van der Waals surface area contributed by atoms with Crippen LogP contribution in [-0.2, 0) is 4.79 Å². The molecule has 1 heterocycles. The van der Waals surface area contributed by atoms with Crippen molar-refractivity contribution in [1.29, 1.82) is 0 Å². The Morgan fingerprint density at radius 1 is 1.05 bits per heavy atom. The number of piperazine rings is 1. The summed E-state index contributed by atoms with van der Waals surface area (Å²) in [4.78, 5) is 27.3. The molecule has 1 aliphatic heterocycles. The van der Waals surface area contributed by atoms with Crippen LogP contribution in [-0.4, -0.2) is 53.7 Å². The smallest absolute Gasteiger partial charge is 0.253 e. The van der Waals surface area contributed by atoms with Crippen molar-refractivity contribution in [2.75, 3.05) is 32.1 Å². The molecule has 1 saturated heterocycles. The second kappa shape index (κ2) is 6.70. The van der Waals surface area contributed by atoms with E-state index in [1.165, 1.54) is 24.3 Å². The molecule has 0 aliphatic carbocycles. The van der Waals surface area contributed by atoms with Crippen molar-refractivity contribution in [3.63, 3.8) is 0 Å². The molecule has 4 nitrogen and oxygen atoms in total. The van der Waals surface area contributed by atoms with Gasteiger partial charge in [0.1, 0.15) is 5.82 Å². The van der Waals surface area contributed by atoms with Gasteiger partial charge in [-0.3, -0.25) is 9.59 Å². The van der Waals surface area contributed by atoms with Gasteiger partial charge in [-0.2, -0.15) is 0 Å². The lowest BCUT2D eigenvalue weighted by Crippen LogP contribution is -2.50. The monoisotopic (exact) mass is 298 g/mol. The second-order valence-electron chi connectivity index (χ2n) is 4.62. The highest BCUT2D eigenvalue weighted by Gasteiger charge is 2.24. The predicted octanol–water partition coefficient (Wildman–Crippen LogP) is 1.74. The molecule has 1 aromatic rings. The third-order valence-electron chi connectivity index (χ3n) is 3.32. The normalized spacial score (nSPS) is 15.3. The fraction of sp³-hybridized carbons (Fsp3) is 0.429. The van der Waals surface area contributed by atoms with Crippen LogP contribution in [0.15, 0.2) is 24.3 Å². The van der Waals surface area contributed by atoms with E-state index in [0.29, 0.717) is 44.0 Å². The van der Waals surface area contributed by atoms with Crippen molar-refractivity contribution in [3.8, 4) is 0 Å². The molecule has 1 aliphatic rings. The fourth-order valence-electron chi connectivity index (χ4n) is 2.17. The van der Waals surface area contributed by atoms with Crippen LogP contribution in [0.1, 0.15) is 16.8 Å². The maximum atomic E-state index is 12.8. The van der Waals surface area contributed by atoms with E-state index in [0.717, 1.165) is 0 Å². The van der Waals surface area contributed by atoms with E-state index < -0.39 is 0 Å². The van der Waals surface area contributed by atoms with Gasteiger partial charge < -0.3 is 9.80 Å². The summed E-state index contributed by atoms with van der Waals surface area (Å²) >= 11 is 5.54. The largest absolute Gasteiger partial charge is 0.339 e. The van der Waals surface area contributed by atoms with Crippen molar-refractivity contribution < 1.29 is 14.0 Å². The molecule has 0 saturated carbocycles. The lowest BCUT2D eigenvalue weighted by Gasteiger charge is -2.34. The van der Waals surface area contributed by atoms with Crippen molar-refractivity contribution >= 4 is 23.4 Å². The van der Waals surface area contributed by atoms with Crippen LogP contribution in [0.3, 0.4) is 0 Å². The summed E-state index contributed by atoms with van der Waals surface area (Å²) in [5.74, 6) is -0.158. The molecule has 20 heavy (non-hydrogen) atoms. The van der Waals surface area contributed by atoms with Crippen molar-refractivity contribution in [1.82, 2.24) is 9.80 Å². The number of carbonyl (C=O) groups is 2. The molecular weight excluding hydrogens is 283 g/mol. The number of amides is 2. The standard InChI is InChI=1S/C14H16ClFN2O2/c15-6-5-13(19)17-7-9-18(10-8-17)14(20)11-1-3-12(16)4-2-11/h1-4H,5-10H2. The molecule has 2 rings (SSSR count). The molecule has 0 unspecified atom stereocenters. The van der Waals surface area contributed by atoms with Crippen LogP contribution in [0.2, 0.25) is 0 Å². The van der Waals surface area contributed by atoms with Crippen LogP contribution < -0.4 is 0 Å². The zero-order valence-electron chi connectivity index (χ0n) is 11.0. The third-order valence-corrected chi connectivity index (χ3v) is 3.51. The summed E-state index contributed by atoms with van der Waals surface area (Å²) in [5.41, 5.74) is 0.465. The van der Waals surface area contributed by atoms with Gasteiger partial charge in [-0.05, 0) is 24.3 Å². The first kappa shape index (κ1) is 14.8. The number of halogens is 2. The SMILES string of the molecule is O=C(CCCl)N1CCN(C(=O)c2ccc(F)cc2)CC1. The van der Waals surface area contributed by atoms with Crippen LogP contribution in [0.5, 0.6) is 0 Å². The van der Waals surface area contributed by atoms with Gasteiger partial charge in [-0.25, -0.2) is 4.39 Å². The van der Waals surface area contributed by atoms with Crippen LogP contribution >= 0.6 is 11.6 Å². The summed E-state index contributed by atoms with van der Waals surface area (Å²) in [6.45, 7) is 2.01. The van der Waals surface area contributed by atoms with Crippen molar-refractivity contribution in [2.45, 2.75) is 6.42 Å². The molecule has 2 amide bonds. The minimum atomic E-state index is -0.363. The zero-order chi connectivity index (χ0) is 14.5.